The van der Waals surface area contributed by atoms with Crippen LogP contribution >= 0.6 is 7.92 Å². The molecule has 3 heteroatoms. The van der Waals surface area contributed by atoms with Crippen molar-refractivity contribution in [3.63, 3.8) is 0 Å². The van der Waals surface area contributed by atoms with Gasteiger partial charge < -0.3 is 11.5 Å². The first-order valence-electron chi connectivity index (χ1n) is 7.76. The predicted octanol–water partition coefficient (Wildman–Crippen LogP) is 2.36. The second-order valence-corrected chi connectivity index (χ2v) is 7.49. The van der Waals surface area contributed by atoms with E-state index in [1.807, 2.05) is 0 Å². The molecule has 0 bridgehead atoms. The van der Waals surface area contributed by atoms with E-state index in [1.165, 1.54) is 27.0 Å². The maximum atomic E-state index is 6.04. The molecule has 0 aromatic heterocycles. The summed E-state index contributed by atoms with van der Waals surface area (Å²) < 4.78 is 0. The molecule has 0 saturated carbocycles. The van der Waals surface area contributed by atoms with Crippen LogP contribution in [0.25, 0.3) is 0 Å². The average molecular weight is 320 g/mol. The fraction of sp³-hybridized carbons (Fsp3) is 0.100. The van der Waals surface area contributed by atoms with Gasteiger partial charge in [-0.05, 0) is 35.0 Å². The van der Waals surface area contributed by atoms with Crippen molar-refractivity contribution in [2.75, 3.05) is 0 Å². The number of hydrogen-bond acceptors (Lipinski definition) is 2. The van der Waals surface area contributed by atoms with Crippen LogP contribution in [0.3, 0.4) is 0 Å². The number of nitrogens with two attached hydrogens (primary N) is 2. The van der Waals surface area contributed by atoms with Crippen molar-refractivity contribution in [3.8, 4) is 0 Å². The van der Waals surface area contributed by atoms with E-state index in [1.54, 1.807) is 0 Å². The van der Waals surface area contributed by atoms with Crippen LogP contribution in [-0.2, 0) is 13.1 Å². The molecular formula is C20H21N2P. The van der Waals surface area contributed by atoms with E-state index >= 15 is 0 Å². The molecule has 4 N–H and O–H groups in total. The average Bonchev–Trinajstić information content (AvgIpc) is 2.64. The lowest BCUT2D eigenvalue weighted by molar-refractivity contribution is 1.04. The number of benzene rings is 3. The molecule has 3 aromatic rings. The van der Waals surface area contributed by atoms with Gasteiger partial charge in [0.25, 0.3) is 0 Å². The summed E-state index contributed by atoms with van der Waals surface area (Å²) in [6.07, 6.45) is 0. The number of hydrogen-bond donors (Lipinski definition) is 2. The molecule has 0 spiro atoms. The van der Waals surface area contributed by atoms with Crippen LogP contribution in [0.4, 0.5) is 0 Å². The first-order valence-corrected chi connectivity index (χ1v) is 9.10. The van der Waals surface area contributed by atoms with E-state index in [0.29, 0.717) is 13.1 Å². The van der Waals surface area contributed by atoms with Crippen molar-refractivity contribution in [1.29, 1.82) is 0 Å². The smallest absolute Gasteiger partial charge is 0.0184 e. The van der Waals surface area contributed by atoms with E-state index < -0.39 is 7.92 Å². The van der Waals surface area contributed by atoms with Crippen molar-refractivity contribution >= 4 is 23.8 Å². The molecule has 2 nitrogen and oxygen atoms in total. The summed E-state index contributed by atoms with van der Waals surface area (Å²) >= 11 is 0. The lowest BCUT2D eigenvalue weighted by atomic mass is 10.1. The Kier molecular flexibility index (Phi) is 5.19. The van der Waals surface area contributed by atoms with Crippen LogP contribution in [0.5, 0.6) is 0 Å². The van der Waals surface area contributed by atoms with Gasteiger partial charge in [0.2, 0.25) is 0 Å². The van der Waals surface area contributed by atoms with Gasteiger partial charge >= 0.3 is 0 Å². The van der Waals surface area contributed by atoms with Gasteiger partial charge in [-0.2, -0.15) is 0 Å². The Hall–Kier alpha value is -1.99. The standard InChI is InChI=1S/C20H21N2P/c21-14-16-8-7-9-17(15-22)20(16)23(18-10-3-1-4-11-18)19-12-5-2-6-13-19/h1-13H,14-15,21-22H2. The molecule has 0 aliphatic rings. The Morgan fingerprint density at radius 2 is 1.00 bits per heavy atom. The van der Waals surface area contributed by atoms with Crippen molar-refractivity contribution in [2.45, 2.75) is 13.1 Å². The number of rotatable bonds is 5. The first-order chi connectivity index (χ1) is 11.3. The van der Waals surface area contributed by atoms with Crippen LogP contribution < -0.4 is 27.4 Å². The summed E-state index contributed by atoms with van der Waals surface area (Å²) in [6, 6.07) is 27.6. The van der Waals surface area contributed by atoms with Crippen LogP contribution in [0.15, 0.2) is 78.9 Å². The molecule has 0 saturated heterocycles. The Bertz CT molecular complexity index is 695. The lowest BCUT2D eigenvalue weighted by Crippen LogP contribution is -2.28. The predicted molar refractivity (Wildman–Crippen MR) is 101 cm³/mol. The molecule has 0 aliphatic heterocycles. The Labute approximate surface area is 138 Å². The monoisotopic (exact) mass is 320 g/mol. The second-order valence-electron chi connectivity index (χ2n) is 5.34. The Morgan fingerprint density at radius 1 is 0.565 bits per heavy atom. The summed E-state index contributed by atoms with van der Waals surface area (Å²) in [6.45, 7) is 1.06. The summed E-state index contributed by atoms with van der Waals surface area (Å²) in [5.74, 6) is 0. The van der Waals surface area contributed by atoms with E-state index in [2.05, 4.69) is 78.9 Å². The Morgan fingerprint density at radius 3 is 1.39 bits per heavy atom. The topological polar surface area (TPSA) is 52.0 Å². The van der Waals surface area contributed by atoms with Gasteiger partial charge in [0.05, 0.1) is 0 Å². The molecule has 3 aromatic carbocycles. The highest BCUT2D eigenvalue weighted by Crippen LogP contribution is 2.35. The largest absolute Gasteiger partial charge is 0.326 e. The second kappa shape index (κ2) is 7.52. The normalized spacial score (nSPS) is 10.9. The molecule has 116 valence electrons. The molecule has 0 atom stereocenters. The van der Waals surface area contributed by atoms with Gasteiger partial charge in [-0.1, -0.05) is 78.9 Å². The summed E-state index contributed by atoms with van der Waals surface area (Å²) in [4.78, 5) is 0. The van der Waals surface area contributed by atoms with Crippen molar-refractivity contribution in [2.24, 2.45) is 11.5 Å². The minimum Gasteiger partial charge on any atom is -0.326 e. The highest BCUT2D eigenvalue weighted by atomic mass is 31.1. The molecule has 3 rings (SSSR count). The van der Waals surface area contributed by atoms with Gasteiger partial charge in [0.1, 0.15) is 0 Å². The van der Waals surface area contributed by atoms with Crippen LogP contribution in [0.1, 0.15) is 11.1 Å². The van der Waals surface area contributed by atoms with E-state index in [4.69, 9.17) is 11.5 Å². The van der Waals surface area contributed by atoms with Gasteiger partial charge in [0, 0.05) is 13.1 Å². The van der Waals surface area contributed by atoms with Crippen molar-refractivity contribution < 1.29 is 0 Å². The van der Waals surface area contributed by atoms with Crippen LogP contribution in [-0.4, -0.2) is 0 Å². The fourth-order valence-corrected chi connectivity index (χ4v) is 5.48. The highest BCUT2D eigenvalue weighted by Gasteiger charge is 2.21. The van der Waals surface area contributed by atoms with Gasteiger partial charge in [-0.15, -0.1) is 0 Å². The first kappa shape index (κ1) is 15.9. The molecule has 0 aliphatic carbocycles. The molecular weight excluding hydrogens is 299 g/mol. The van der Waals surface area contributed by atoms with Gasteiger partial charge in [-0.3, -0.25) is 0 Å². The van der Waals surface area contributed by atoms with E-state index in [9.17, 15) is 0 Å². The molecule has 0 fully saturated rings. The maximum absolute atomic E-state index is 6.04. The van der Waals surface area contributed by atoms with E-state index in [0.717, 1.165) is 0 Å². The van der Waals surface area contributed by atoms with Gasteiger partial charge in [-0.25, -0.2) is 0 Å². The molecule has 0 heterocycles. The maximum Gasteiger partial charge on any atom is 0.0184 e. The third-order valence-corrected chi connectivity index (χ3v) is 6.55. The van der Waals surface area contributed by atoms with Crippen molar-refractivity contribution in [1.82, 2.24) is 0 Å². The molecule has 23 heavy (non-hydrogen) atoms. The minimum absolute atomic E-state index is 0.529. The fourth-order valence-electron chi connectivity index (χ4n) is 2.82. The zero-order chi connectivity index (χ0) is 16.1. The Balaban J connectivity index is 2.25. The zero-order valence-corrected chi connectivity index (χ0v) is 13.9. The summed E-state index contributed by atoms with van der Waals surface area (Å²) in [5, 5.41) is 3.96. The highest BCUT2D eigenvalue weighted by molar-refractivity contribution is 7.80. The van der Waals surface area contributed by atoms with Crippen molar-refractivity contribution in [3.05, 3.63) is 90.0 Å². The molecule has 0 unspecified atom stereocenters. The molecule has 0 amide bonds. The van der Waals surface area contributed by atoms with Crippen LogP contribution in [0, 0.1) is 0 Å². The van der Waals surface area contributed by atoms with E-state index in [-0.39, 0.29) is 0 Å². The van der Waals surface area contributed by atoms with Gasteiger partial charge in [0.15, 0.2) is 0 Å². The third kappa shape index (κ3) is 3.35. The summed E-state index contributed by atoms with van der Waals surface area (Å²) in [5.41, 5.74) is 14.4. The minimum atomic E-state index is -0.659. The molecule has 0 radical (unpaired) electrons. The SMILES string of the molecule is NCc1cccc(CN)c1P(c1ccccc1)c1ccccc1. The third-order valence-electron chi connectivity index (χ3n) is 3.90. The zero-order valence-electron chi connectivity index (χ0n) is 13.0. The quantitative estimate of drug-likeness (QED) is 0.709. The lowest BCUT2D eigenvalue weighted by Gasteiger charge is -2.24. The van der Waals surface area contributed by atoms with Crippen LogP contribution in [0.2, 0.25) is 0 Å². The summed E-state index contributed by atoms with van der Waals surface area (Å²) in [7, 11) is -0.659.